The molecule has 1 aromatic carbocycles. The maximum absolute atomic E-state index is 14.5. The minimum absolute atomic E-state index is 0.00379. The molecule has 13 heteroatoms. The van der Waals surface area contributed by atoms with Gasteiger partial charge in [0.25, 0.3) is 11.8 Å². The number of ether oxygens (including phenoxy) is 1. The van der Waals surface area contributed by atoms with E-state index in [0.29, 0.717) is 61.7 Å². The molecule has 2 amide bonds. The minimum atomic E-state index is -5.05. The van der Waals surface area contributed by atoms with Crippen molar-refractivity contribution in [2.24, 2.45) is 0 Å². The van der Waals surface area contributed by atoms with Crippen molar-refractivity contribution in [3.63, 3.8) is 0 Å². The highest BCUT2D eigenvalue weighted by Crippen LogP contribution is 2.37. The SMILES string of the molecule is CC1=C(C(=O)N(CCO[Si](C)(C)C(C)(C)C)c2ccc(-c3cc(NC(=O)c4ccnc(C(F)(F)F)c4F)ccc3C)cn2)CCOCC1. The average Bonchev–Trinajstić information content (AvgIpc) is 3.23. The largest absolute Gasteiger partial charge is 0.436 e. The van der Waals surface area contributed by atoms with Crippen LogP contribution >= 0.6 is 0 Å². The van der Waals surface area contributed by atoms with Crippen molar-refractivity contribution >= 4 is 31.6 Å². The van der Waals surface area contributed by atoms with Crippen molar-refractivity contribution in [2.45, 2.75) is 71.8 Å². The minimum Gasteiger partial charge on any atom is -0.415 e. The molecule has 0 atom stereocenters. The van der Waals surface area contributed by atoms with Crippen molar-refractivity contribution in [3.8, 4) is 11.1 Å². The van der Waals surface area contributed by atoms with Crippen LogP contribution in [0.1, 0.15) is 62.2 Å². The van der Waals surface area contributed by atoms with Gasteiger partial charge in [0.2, 0.25) is 0 Å². The molecule has 1 aliphatic heterocycles. The number of hydrogen-bond donors (Lipinski definition) is 1. The number of carbonyl (C=O) groups is 2. The van der Waals surface area contributed by atoms with Crippen molar-refractivity contribution in [3.05, 3.63) is 82.6 Å². The second kappa shape index (κ2) is 14.7. The van der Waals surface area contributed by atoms with Crippen LogP contribution < -0.4 is 10.2 Å². The summed E-state index contributed by atoms with van der Waals surface area (Å²) in [6, 6.07) is 9.36. The molecule has 8 nitrogen and oxygen atoms in total. The molecule has 3 aromatic rings. The Bertz CT molecular complexity index is 1690. The molecule has 0 saturated carbocycles. The molecule has 258 valence electrons. The number of rotatable bonds is 9. The molecule has 3 heterocycles. The van der Waals surface area contributed by atoms with E-state index < -0.39 is 37.5 Å². The molecule has 0 aliphatic carbocycles. The first-order valence-electron chi connectivity index (χ1n) is 15.7. The van der Waals surface area contributed by atoms with Crippen LogP contribution in [0.15, 0.2) is 59.9 Å². The predicted octanol–water partition coefficient (Wildman–Crippen LogP) is 8.34. The number of hydrogen-bond acceptors (Lipinski definition) is 6. The molecule has 0 fully saturated rings. The van der Waals surface area contributed by atoms with E-state index in [1.165, 1.54) is 0 Å². The number of amides is 2. The lowest BCUT2D eigenvalue weighted by Crippen LogP contribution is -2.44. The summed E-state index contributed by atoms with van der Waals surface area (Å²) in [7, 11) is -2.08. The van der Waals surface area contributed by atoms with Gasteiger partial charge in [0, 0.05) is 42.2 Å². The van der Waals surface area contributed by atoms with Gasteiger partial charge in [0.15, 0.2) is 19.8 Å². The summed E-state index contributed by atoms with van der Waals surface area (Å²) in [5, 5.41) is 2.48. The van der Waals surface area contributed by atoms with Crippen molar-refractivity contribution < 1.29 is 36.3 Å². The summed E-state index contributed by atoms with van der Waals surface area (Å²) < 4.78 is 66.0. The summed E-state index contributed by atoms with van der Waals surface area (Å²) in [6.45, 7) is 16.3. The average molecular weight is 687 g/mol. The Hall–Kier alpha value is -3.94. The Labute approximate surface area is 279 Å². The van der Waals surface area contributed by atoms with Crippen molar-refractivity contribution in [2.75, 3.05) is 36.6 Å². The lowest BCUT2D eigenvalue weighted by molar-refractivity contribution is -0.143. The van der Waals surface area contributed by atoms with Crippen LogP contribution in [-0.2, 0) is 20.1 Å². The second-order valence-corrected chi connectivity index (χ2v) is 18.2. The van der Waals surface area contributed by atoms with Gasteiger partial charge in [0.1, 0.15) is 5.82 Å². The van der Waals surface area contributed by atoms with E-state index in [0.717, 1.165) is 23.4 Å². The van der Waals surface area contributed by atoms with Crippen LogP contribution in [0.4, 0.5) is 29.1 Å². The van der Waals surface area contributed by atoms with Gasteiger partial charge in [-0.05, 0) is 79.9 Å². The Kier molecular flexibility index (Phi) is 11.3. The molecule has 0 saturated heterocycles. The fourth-order valence-electron chi connectivity index (χ4n) is 4.98. The quantitative estimate of drug-likeness (QED) is 0.180. The highest BCUT2D eigenvalue weighted by molar-refractivity contribution is 6.74. The molecular weight excluding hydrogens is 644 g/mol. The van der Waals surface area contributed by atoms with E-state index in [-0.39, 0.29) is 16.6 Å². The molecule has 0 spiro atoms. The van der Waals surface area contributed by atoms with Gasteiger partial charge >= 0.3 is 6.18 Å². The Balaban J connectivity index is 1.60. The van der Waals surface area contributed by atoms with E-state index in [1.54, 1.807) is 41.4 Å². The number of carbonyl (C=O) groups excluding carboxylic acids is 2. The smallest absolute Gasteiger partial charge is 0.415 e. The summed E-state index contributed by atoms with van der Waals surface area (Å²) in [4.78, 5) is 36.1. The highest BCUT2D eigenvalue weighted by atomic mass is 28.4. The zero-order chi connectivity index (χ0) is 35.4. The van der Waals surface area contributed by atoms with Crippen LogP contribution in [-0.4, -0.2) is 56.5 Å². The lowest BCUT2D eigenvalue weighted by atomic mass is 10.0. The number of nitrogens with one attached hydrogen (secondary N) is 1. The number of anilines is 2. The van der Waals surface area contributed by atoms with Crippen LogP contribution in [0.3, 0.4) is 0 Å². The number of nitrogens with zero attached hydrogens (tertiary/aromatic N) is 3. The normalized spacial score (nSPS) is 14.5. The third kappa shape index (κ3) is 8.55. The standard InChI is InChI=1S/C35H42F4N4O4Si/c1-22-8-10-25(42-32(44)27-12-15-40-31(30(27)36)35(37,38)39)20-28(22)24-9-11-29(41-21-24)43(16-19-47-48(6,7)34(3,4)5)33(45)26-14-18-46-17-13-23(26)2/h8-12,15,20-21H,13-14,16-19H2,1-7H3,(H,42,44). The highest BCUT2D eigenvalue weighted by Gasteiger charge is 2.38. The third-order valence-electron chi connectivity index (χ3n) is 8.95. The van der Waals surface area contributed by atoms with Gasteiger partial charge in [-0.25, -0.2) is 14.4 Å². The number of halogens is 4. The lowest BCUT2D eigenvalue weighted by Gasteiger charge is -2.36. The van der Waals surface area contributed by atoms with Gasteiger partial charge in [-0.15, -0.1) is 0 Å². The van der Waals surface area contributed by atoms with Crippen molar-refractivity contribution in [1.82, 2.24) is 9.97 Å². The Morgan fingerprint density at radius 3 is 2.38 bits per heavy atom. The number of benzene rings is 1. The fraction of sp³-hybridized carbons (Fsp3) is 0.429. The predicted molar refractivity (Wildman–Crippen MR) is 180 cm³/mol. The van der Waals surface area contributed by atoms with E-state index in [1.807, 2.05) is 13.8 Å². The van der Waals surface area contributed by atoms with Crippen LogP contribution in [0.2, 0.25) is 18.1 Å². The summed E-state index contributed by atoms with van der Waals surface area (Å²) in [5.41, 5.74) is 1.57. The zero-order valence-corrected chi connectivity index (χ0v) is 29.3. The number of pyridine rings is 2. The Morgan fingerprint density at radius 1 is 1.02 bits per heavy atom. The third-order valence-corrected chi connectivity index (χ3v) is 13.5. The van der Waals surface area contributed by atoms with Gasteiger partial charge in [0.05, 0.1) is 25.4 Å². The maximum atomic E-state index is 14.5. The molecule has 0 unspecified atom stereocenters. The summed E-state index contributed by atoms with van der Waals surface area (Å²) in [6.07, 6.45) is -1.52. The first-order valence-corrected chi connectivity index (χ1v) is 18.6. The second-order valence-electron chi connectivity index (χ2n) is 13.3. The van der Waals surface area contributed by atoms with E-state index in [9.17, 15) is 27.2 Å². The monoisotopic (exact) mass is 686 g/mol. The molecule has 1 aliphatic rings. The first kappa shape index (κ1) is 36.9. The molecule has 48 heavy (non-hydrogen) atoms. The summed E-state index contributed by atoms with van der Waals surface area (Å²) >= 11 is 0. The molecule has 0 radical (unpaired) electrons. The number of alkyl halides is 3. The van der Waals surface area contributed by atoms with Crippen LogP contribution in [0.25, 0.3) is 11.1 Å². The maximum Gasteiger partial charge on any atom is 0.436 e. The molecule has 1 N–H and O–H groups in total. The molecular formula is C35H42F4N4O4Si. The van der Waals surface area contributed by atoms with Gasteiger partial charge < -0.3 is 14.5 Å². The van der Waals surface area contributed by atoms with Crippen LogP contribution in [0, 0.1) is 12.7 Å². The van der Waals surface area contributed by atoms with Gasteiger partial charge in [-0.2, -0.15) is 13.2 Å². The first-order chi connectivity index (χ1) is 22.4. The molecule has 0 bridgehead atoms. The number of aromatic nitrogens is 2. The summed E-state index contributed by atoms with van der Waals surface area (Å²) in [5.74, 6) is -2.49. The van der Waals surface area contributed by atoms with E-state index in [4.69, 9.17) is 9.16 Å². The van der Waals surface area contributed by atoms with Crippen molar-refractivity contribution in [1.29, 1.82) is 0 Å². The van der Waals surface area contributed by atoms with E-state index >= 15 is 0 Å². The van der Waals surface area contributed by atoms with Gasteiger partial charge in [-0.3, -0.25) is 14.5 Å². The fourth-order valence-corrected chi connectivity index (χ4v) is 6.01. The molecule has 4 rings (SSSR count). The topological polar surface area (TPSA) is 93.7 Å². The van der Waals surface area contributed by atoms with Crippen LogP contribution in [0.5, 0.6) is 0 Å². The zero-order valence-electron chi connectivity index (χ0n) is 28.3. The Morgan fingerprint density at radius 2 is 1.73 bits per heavy atom. The molecule has 2 aromatic heterocycles. The van der Waals surface area contributed by atoms with E-state index in [2.05, 4.69) is 49.1 Å². The van der Waals surface area contributed by atoms with Gasteiger partial charge in [-0.1, -0.05) is 32.4 Å². The number of aryl methyl sites for hydroxylation is 1.